The SMILES string of the molecule is Cc1ccc(C2C[C@H](O)c3ccc(F)cc3O2)cc1Br. The van der Waals surface area contributed by atoms with Crippen molar-refractivity contribution in [3.63, 3.8) is 0 Å². The normalized spacial score (nSPS) is 21.2. The zero-order chi connectivity index (χ0) is 14.3. The molecular weight excluding hydrogens is 323 g/mol. The standard InChI is InChI=1S/C16H14BrFO2/c1-9-2-3-10(6-13(9)17)15-8-14(19)12-5-4-11(18)7-16(12)20-15/h2-7,14-15,19H,8H2,1H3/t14-,15?/m0/s1. The number of hydrogen-bond acceptors (Lipinski definition) is 2. The van der Waals surface area contributed by atoms with Crippen molar-refractivity contribution in [2.24, 2.45) is 0 Å². The van der Waals surface area contributed by atoms with Gasteiger partial charge in [-0.05, 0) is 36.2 Å². The van der Waals surface area contributed by atoms with Gasteiger partial charge in [-0.2, -0.15) is 0 Å². The minimum absolute atomic E-state index is 0.267. The van der Waals surface area contributed by atoms with Crippen LogP contribution >= 0.6 is 15.9 Å². The van der Waals surface area contributed by atoms with Crippen LogP contribution in [0.1, 0.15) is 35.3 Å². The van der Waals surface area contributed by atoms with E-state index in [9.17, 15) is 9.50 Å². The molecule has 0 radical (unpaired) electrons. The third-order valence-electron chi connectivity index (χ3n) is 3.61. The van der Waals surface area contributed by atoms with Crippen LogP contribution in [-0.2, 0) is 0 Å². The number of ether oxygens (including phenoxy) is 1. The maximum Gasteiger partial charge on any atom is 0.128 e. The van der Waals surface area contributed by atoms with Gasteiger partial charge < -0.3 is 9.84 Å². The number of halogens is 2. The maximum atomic E-state index is 13.3. The molecule has 104 valence electrons. The Morgan fingerprint density at radius 1 is 1.25 bits per heavy atom. The summed E-state index contributed by atoms with van der Waals surface area (Å²) < 4.78 is 20.1. The minimum atomic E-state index is -0.635. The first-order chi connectivity index (χ1) is 9.54. The van der Waals surface area contributed by atoms with Gasteiger partial charge >= 0.3 is 0 Å². The summed E-state index contributed by atoms with van der Waals surface area (Å²) in [7, 11) is 0. The Labute approximate surface area is 125 Å². The first-order valence-corrected chi connectivity index (χ1v) is 7.24. The summed E-state index contributed by atoms with van der Waals surface area (Å²) >= 11 is 3.49. The third-order valence-corrected chi connectivity index (χ3v) is 4.46. The van der Waals surface area contributed by atoms with E-state index in [1.54, 1.807) is 6.07 Å². The van der Waals surface area contributed by atoms with Crippen LogP contribution in [0.15, 0.2) is 40.9 Å². The van der Waals surface area contributed by atoms with Gasteiger partial charge in [0.15, 0.2) is 0 Å². The zero-order valence-electron chi connectivity index (χ0n) is 10.9. The molecule has 0 amide bonds. The van der Waals surface area contributed by atoms with Gasteiger partial charge in [0, 0.05) is 22.5 Å². The van der Waals surface area contributed by atoms with Crippen LogP contribution in [-0.4, -0.2) is 5.11 Å². The van der Waals surface area contributed by atoms with Crippen LogP contribution in [0.2, 0.25) is 0 Å². The Hall–Kier alpha value is -1.39. The Kier molecular flexibility index (Phi) is 3.52. The molecule has 0 saturated heterocycles. The molecule has 20 heavy (non-hydrogen) atoms. The predicted molar refractivity (Wildman–Crippen MR) is 78.2 cm³/mol. The molecule has 0 aromatic heterocycles. The molecule has 3 rings (SSSR count). The van der Waals surface area contributed by atoms with Gasteiger partial charge in [-0.1, -0.05) is 28.1 Å². The first kappa shape index (κ1) is 13.6. The van der Waals surface area contributed by atoms with E-state index in [0.29, 0.717) is 17.7 Å². The molecule has 4 heteroatoms. The summed E-state index contributed by atoms with van der Waals surface area (Å²) in [6.07, 6.45) is -0.436. The second-order valence-corrected chi connectivity index (χ2v) is 5.90. The average Bonchev–Trinajstić information content (AvgIpc) is 2.41. The molecule has 1 heterocycles. The van der Waals surface area contributed by atoms with E-state index in [2.05, 4.69) is 15.9 Å². The van der Waals surface area contributed by atoms with Gasteiger partial charge in [-0.15, -0.1) is 0 Å². The fourth-order valence-corrected chi connectivity index (χ4v) is 2.83. The van der Waals surface area contributed by atoms with E-state index in [1.807, 2.05) is 25.1 Å². The Morgan fingerprint density at radius 3 is 2.80 bits per heavy atom. The first-order valence-electron chi connectivity index (χ1n) is 6.45. The lowest BCUT2D eigenvalue weighted by Crippen LogP contribution is -2.19. The number of benzene rings is 2. The molecule has 2 aromatic carbocycles. The third kappa shape index (κ3) is 2.45. The van der Waals surface area contributed by atoms with E-state index in [4.69, 9.17) is 4.74 Å². The fraction of sp³-hybridized carbons (Fsp3) is 0.250. The summed E-state index contributed by atoms with van der Waals surface area (Å²) in [4.78, 5) is 0. The van der Waals surface area contributed by atoms with Crippen molar-refractivity contribution in [3.05, 3.63) is 63.4 Å². The smallest absolute Gasteiger partial charge is 0.128 e. The van der Waals surface area contributed by atoms with E-state index >= 15 is 0 Å². The number of hydrogen-bond donors (Lipinski definition) is 1. The molecule has 0 spiro atoms. The summed E-state index contributed by atoms with van der Waals surface area (Å²) in [5, 5.41) is 10.2. The highest BCUT2D eigenvalue weighted by Crippen LogP contribution is 2.41. The van der Waals surface area contributed by atoms with E-state index in [-0.39, 0.29) is 11.9 Å². The second-order valence-electron chi connectivity index (χ2n) is 5.05. The van der Waals surface area contributed by atoms with Crippen LogP contribution in [0, 0.1) is 12.7 Å². The molecular formula is C16H14BrFO2. The quantitative estimate of drug-likeness (QED) is 0.833. The van der Waals surface area contributed by atoms with Crippen molar-refractivity contribution in [2.45, 2.75) is 25.6 Å². The topological polar surface area (TPSA) is 29.5 Å². The number of rotatable bonds is 1. The van der Waals surface area contributed by atoms with Crippen molar-refractivity contribution in [1.29, 1.82) is 0 Å². The Bertz CT molecular complexity index is 657. The lowest BCUT2D eigenvalue weighted by atomic mass is 9.94. The molecule has 2 aromatic rings. The molecule has 2 atom stereocenters. The molecule has 1 unspecified atom stereocenters. The van der Waals surface area contributed by atoms with Crippen molar-refractivity contribution in [2.75, 3.05) is 0 Å². The van der Waals surface area contributed by atoms with E-state index in [0.717, 1.165) is 15.6 Å². The van der Waals surface area contributed by atoms with Gasteiger partial charge in [-0.25, -0.2) is 4.39 Å². The van der Waals surface area contributed by atoms with Gasteiger partial charge in [0.2, 0.25) is 0 Å². The summed E-state index contributed by atoms with van der Waals surface area (Å²) in [6.45, 7) is 2.01. The minimum Gasteiger partial charge on any atom is -0.485 e. The fourth-order valence-electron chi connectivity index (χ4n) is 2.43. The molecule has 0 bridgehead atoms. The molecule has 2 nitrogen and oxygen atoms in total. The largest absolute Gasteiger partial charge is 0.485 e. The van der Waals surface area contributed by atoms with Crippen LogP contribution in [0.5, 0.6) is 5.75 Å². The van der Waals surface area contributed by atoms with Crippen LogP contribution in [0.3, 0.4) is 0 Å². The number of fused-ring (bicyclic) bond motifs is 1. The van der Waals surface area contributed by atoms with E-state index < -0.39 is 6.10 Å². The highest BCUT2D eigenvalue weighted by atomic mass is 79.9. The molecule has 1 N–H and O–H groups in total. The average molecular weight is 337 g/mol. The predicted octanol–water partition coefficient (Wildman–Crippen LogP) is 4.45. The van der Waals surface area contributed by atoms with Crippen LogP contribution in [0.25, 0.3) is 0 Å². The number of aliphatic hydroxyl groups excluding tert-OH is 1. The van der Waals surface area contributed by atoms with Crippen LogP contribution in [0.4, 0.5) is 4.39 Å². The molecule has 1 aliphatic heterocycles. The van der Waals surface area contributed by atoms with Gasteiger partial charge in [0.05, 0.1) is 6.10 Å². The van der Waals surface area contributed by atoms with Crippen molar-refractivity contribution >= 4 is 15.9 Å². The molecule has 1 aliphatic rings. The lowest BCUT2D eigenvalue weighted by molar-refractivity contribution is 0.0653. The monoisotopic (exact) mass is 336 g/mol. The Balaban J connectivity index is 1.96. The van der Waals surface area contributed by atoms with Gasteiger partial charge in [0.25, 0.3) is 0 Å². The highest BCUT2D eigenvalue weighted by molar-refractivity contribution is 9.10. The summed E-state index contributed by atoms with van der Waals surface area (Å²) in [5.41, 5.74) is 2.75. The summed E-state index contributed by atoms with van der Waals surface area (Å²) in [6, 6.07) is 10.2. The zero-order valence-corrected chi connectivity index (χ0v) is 12.5. The molecule has 0 aliphatic carbocycles. The van der Waals surface area contributed by atoms with Crippen LogP contribution < -0.4 is 4.74 Å². The van der Waals surface area contributed by atoms with Gasteiger partial charge in [-0.3, -0.25) is 0 Å². The molecule has 0 fully saturated rings. The number of aliphatic hydroxyl groups is 1. The van der Waals surface area contributed by atoms with Crippen molar-refractivity contribution < 1.29 is 14.2 Å². The summed E-state index contributed by atoms with van der Waals surface area (Å²) in [5.74, 6) is 0.0622. The van der Waals surface area contributed by atoms with Gasteiger partial charge in [0.1, 0.15) is 17.7 Å². The van der Waals surface area contributed by atoms with Crippen molar-refractivity contribution in [3.8, 4) is 5.75 Å². The van der Waals surface area contributed by atoms with Crippen molar-refractivity contribution in [1.82, 2.24) is 0 Å². The number of aryl methyl sites for hydroxylation is 1. The second kappa shape index (κ2) is 5.19. The van der Waals surface area contributed by atoms with E-state index in [1.165, 1.54) is 12.1 Å². The Morgan fingerprint density at radius 2 is 2.05 bits per heavy atom. The molecule has 0 saturated carbocycles. The highest BCUT2D eigenvalue weighted by Gasteiger charge is 2.28. The lowest BCUT2D eigenvalue weighted by Gasteiger charge is -2.30. The maximum absolute atomic E-state index is 13.3.